The fourth-order valence-corrected chi connectivity index (χ4v) is 2.72. The molecule has 6 nitrogen and oxygen atoms in total. The lowest BCUT2D eigenvalue weighted by Gasteiger charge is -2.11. The second-order valence-electron chi connectivity index (χ2n) is 4.39. The summed E-state index contributed by atoms with van der Waals surface area (Å²) in [6.07, 6.45) is 5.53. The second-order valence-corrected chi connectivity index (χ2v) is 5.68. The number of aryl methyl sites for hydroxylation is 2. The van der Waals surface area contributed by atoms with E-state index in [1.165, 1.54) is 4.88 Å². The molecule has 2 heterocycles. The average molecular weight is 292 g/mol. The van der Waals surface area contributed by atoms with E-state index >= 15 is 0 Å². The van der Waals surface area contributed by atoms with Crippen molar-refractivity contribution in [2.45, 2.75) is 26.9 Å². The first-order valence-electron chi connectivity index (χ1n) is 6.52. The van der Waals surface area contributed by atoms with Crippen LogP contribution in [0.4, 0.5) is 0 Å². The molecule has 0 saturated carbocycles. The fraction of sp³-hybridized carbons (Fsp3) is 0.462. The number of hydrogen-bond acceptors (Lipinski definition) is 4. The summed E-state index contributed by atoms with van der Waals surface area (Å²) in [7, 11) is 1.78. The third kappa shape index (κ3) is 4.06. The molecule has 2 N–H and O–H groups in total. The van der Waals surface area contributed by atoms with E-state index in [2.05, 4.69) is 25.6 Å². The molecule has 20 heavy (non-hydrogen) atoms. The maximum Gasteiger partial charge on any atom is 0.191 e. The van der Waals surface area contributed by atoms with Crippen molar-refractivity contribution in [2.24, 2.45) is 4.99 Å². The monoisotopic (exact) mass is 292 g/mol. The zero-order valence-corrected chi connectivity index (χ0v) is 12.9. The van der Waals surface area contributed by atoms with Crippen LogP contribution in [0.5, 0.6) is 0 Å². The molecule has 7 heteroatoms. The van der Waals surface area contributed by atoms with E-state index < -0.39 is 0 Å². The second kappa shape index (κ2) is 7.04. The number of rotatable bonds is 5. The van der Waals surface area contributed by atoms with Crippen molar-refractivity contribution in [2.75, 3.05) is 13.6 Å². The Labute approximate surface area is 123 Å². The highest BCUT2D eigenvalue weighted by Crippen LogP contribution is 2.16. The summed E-state index contributed by atoms with van der Waals surface area (Å²) in [6, 6.07) is 0. The lowest BCUT2D eigenvalue weighted by molar-refractivity contribution is 0.662. The average Bonchev–Trinajstić information content (AvgIpc) is 3.03. The van der Waals surface area contributed by atoms with Crippen molar-refractivity contribution < 1.29 is 0 Å². The Bertz CT molecular complexity index is 557. The highest BCUT2D eigenvalue weighted by molar-refractivity contribution is 7.11. The first kappa shape index (κ1) is 14.5. The van der Waals surface area contributed by atoms with Crippen LogP contribution < -0.4 is 10.6 Å². The topological polar surface area (TPSA) is 67.1 Å². The number of imidazole rings is 1. The van der Waals surface area contributed by atoms with Gasteiger partial charge in [0, 0.05) is 37.4 Å². The first-order valence-corrected chi connectivity index (χ1v) is 7.34. The van der Waals surface area contributed by atoms with E-state index in [1.54, 1.807) is 30.9 Å². The smallest absolute Gasteiger partial charge is 0.191 e. The molecule has 0 saturated heterocycles. The van der Waals surface area contributed by atoms with Crippen molar-refractivity contribution in [1.82, 2.24) is 25.2 Å². The molecule has 0 spiro atoms. The molecule has 0 bridgehead atoms. The number of thiazole rings is 1. The van der Waals surface area contributed by atoms with E-state index in [0.29, 0.717) is 0 Å². The van der Waals surface area contributed by atoms with E-state index in [1.807, 2.05) is 24.6 Å². The van der Waals surface area contributed by atoms with Crippen molar-refractivity contribution in [3.8, 4) is 0 Å². The Morgan fingerprint density at radius 1 is 1.40 bits per heavy atom. The van der Waals surface area contributed by atoms with Gasteiger partial charge in [-0.25, -0.2) is 9.97 Å². The summed E-state index contributed by atoms with van der Waals surface area (Å²) in [4.78, 5) is 13.9. The molecule has 0 aliphatic heterocycles. The van der Waals surface area contributed by atoms with E-state index in [9.17, 15) is 0 Å². The van der Waals surface area contributed by atoms with Gasteiger partial charge in [0.1, 0.15) is 0 Å². The molecule has 2 aromatic heterocycles. The van der Waals surface area contributed by atoms with Crippen molar-refractivity contribution in [1.29, 1.82) is 0 Å². The Balaban J connectivity index is 1.76. The van der Waals surface area contributed by atoms with Crippen LogP contribution in [-0.2, 0) is 13.1 Å². The van der Waals surface area contributed by atoms with Gasteiger partial charge in [-0.05, 0) is 13.8 Å². The molecular weight excluding hydrogens is 272 g/mol. The van der Waals surface area contributed by atoms with Gasteiger partial charge in [-0.3, -0.25) is 4.99 Å². The number of hydrogen-bond donors (Lipinski definition) is 2. The Kier molecular flexibility index (Phi) is 5.11. The Morgan fingerprint density at radius 3 is 2.85 bits per heavy atom. The predicted octanol–water partition coefficient (Wildman–Crippen LogP) is 1.32. The van der Waals surface area contributed by atoms with Gasteiger partial charge in [-0.15, -0.1) is 11.3 Å². The van der Waals surface area contributed by atoms with Gasteiger partial charge in [-0.2, -0.15) is 0 Å². The minimum atomic E-state index is 0.752. The summed E-state index contributed by atoms with van der Waals surface area (Å²) in [5.41, 5.74) is 1.09. The lowest BCUT2D eigenvalue weighted by atomic mass is 10.4. The van der Waals surface area contributed by atoms with Crippen LogP contribution in [-0.4, -0.2) is 34.1 Å². The van der Waals surface area contributed by atoms with Crippen LogP contribution in [0.25, 0.3) is 0 Å². The van der Waals surface area contributed by atoms with Crippen LogP contribution in [0.3, 0.4) is 0 Å². The zero-order valence-electron chi connectivity index (χ0n) is 12.1. The normalized spacial score (nSPS) is 11.7. The van der Waals surface area contributed by atoms with E-state index in [4.69, 9.17) is 0 Å². The van der Waals surface area contributed by atoms with Crippen LogP contribution >= 0.6 is 11.3 Å². The molecule has 0 amide bonds. The van der Waals surface area contributed by atoms with Gasteiger partial charge in [0.25, 0.3) is 0 Å². The standard InChI is InChI=1S/C13H20N6S/c1-10-12(20-11(2)18-10)8-17-13(14-3)16-5-7-19-6-4-15-9-19/h4,6,9H,5,7-8H2,1-3H3,(H2,14,16,17). The van der Waals surface area contributed by atoms with Gasteiger partial charge in [-0.1, -0.05) is 0 Å². The molecule has 0 atom stereocenters. The molecule has 0 fully saturated rings. The maximum atomic E-state index is 4.42. The summed E-state index contributed by atoms with van der Waals surface area (Å²) in [5.74, 6) is 0.801. The van der Waals surface area contributed by atoms with Crippen molar-refractivity contribution in [3.63, 3.8) is 0 Å². The SMILES string of the molecule is CN=C(NCCn1ccnc1)NCc1sc(C)nc1C. The number of aliphatic imine (C=N–C) groups is 1. The molecule has 2 rings (SSSR count). The number of guanidine groups is 1. The minimum absolute atomic E-state index is 0.752. The molecular formula is C13H20N6S. The van der Waals surface area contributed by atoms with Gasteiger partial charge in [0.15, 0.2) is 5.96 Å². The molecule has 0 aliphatic carbocycles. The fourth-order valence-electron chi connectivity index (χ4n) is 1.84. The minimum Gasteiger partial charge on any atom is -0.355 e. The highest BCUT2D eigenvalue weighted by Gasteiger charge is 2.05. The quantitative estimate of drug-likeness (QED) is 0.644. The van der Waals surface area contributed by atoms with Crippen LogP contribution in [0.15, 0.2) is 23.7 Å². The summed E-state index contributed by atoms with van der Waals surface area (Å²) in [6.45, 7) is 6.48. The Morgan fingerprint density at radius 2 is 2.25 bits per heavy atom. The molecule has 2 aromatic rings. The molecule has 0 aliphatic rings. The third-order valence-corrected chi connectivity index (χ3v) is 3.93. The van der Waals surface area contributed by atoms with Crippen molar-refractivity contribution in [3.05, 3.63) is 34.3 Å². The van der Waals surface area contributed by atoms with Crippen LogP contribution in [0.1, 0.15) is 15.6 Å². The largest absolute Gasteiger partial charge is 0.355 e. The molecule has 108 valence electrons. The summed E-state index contributed by atoms with van der Waals surface area (Å²) in [5, 5.41) is 7.68. The molecule has 0 aromatic carbocycles. The van der Waals surface area contributed by atoms with Crippen molar-refractivity contribution >= 4 is 17.3 Å². The summed E-state index contributed by atoms with van der Waals surface area (Å²) >= 11 is 1.72. The Hall–Kier alpha value is -1.89. The van der Waals surface area contributed by atoms with Gasteiger partial charge in [0.05, 0.1) is 23.6 Å². The van der Waals surface area contributed by atoms with E-state index in [0.717, 1.165) is 36.3 Å². The molecule has 0 unspecified atom stereocenters. The maximum absolute atomic E-state index is 4.42. The number of aromatic nitrogens is 3. The van der Waals surface area contributed by atoms with Crippen LogP contribution in [0.2, 0.25) is 0 Å². The van der Waals surface area contributed by atoms with Gasteiger partial charge < -0.3 is 15.2 Å². The number of nitrogens with one attached hydrogen (secondary N) is 2. The van der Waals surface area contributed by atoms with Crippen LogP contribution in [0, 0.1) is 13.8 Å². The highest BCUT2D eigenvalue weighted by atomic mass is 32.1. The summed E-state index contributed by atoms with van der Waals surface area (Å²) < 4.78 is 2.02. The molecule has 0 radical (unpaired) electrons. The third-order valence-electron chi connectivity index (χ3n) is 2.86. The first-order chi connectivity index (χ1) is 9.69. The van der Waals surface area contributed by atoms with E-state index in [-0.39, 0.29) is 0 Å². The zero-order chi connectivity index (χ0) is 14.4. The van der Waals surface area contributed by atoms with Gasteiger partial charge in [0.2, 0.25) is 0 Å². The lowest BCUT2D eigenvalue weighted by Crippen LogP contribution is -2.38. The number of nitrogens with zero attached hydrogens (tertiary/aromatic N) is 4. The predicted molar refractivity (Wildman–Crippen MR) is 82.0 cm³/mol. The van der Waals surface area contributed by atoms with Gasteiger partial charge >= 0.3 is 0 Å².